The Kier molecular flexibility index (Phi) is 33.0. The van der Waals surface area contributed by atoms with Crippen molar-refractivity contribution in [1.82, 2.24) is 60.4 Å². The van der Waals surface area contributed by atoms with E-state index in [1.165, 1.54) is 134 Å². The zero-order chi connectivity index (χ0) is 99.3. The van der Waals surface area contributed by atoms with Crippen LogP contribution in [0, 0.1) is 0 Å². The minimum atomic E-state index is -4.91. The molecule has 0 saturated heterocycles. The number of ketones is 3. The van der Waals surface area contributed by atoms with Crippen molar-refractivity contribution in [1.29, 1.82) is 0 Å². The lowest BCUT2D eigenvalue weighted by Crippen LogP contribution is -2.35. The number of amides is 4. The van der Waals surface area contributed by atoms with Gasteiger partial charge < -0.3 is 50.1 Å². The summed E-state index contributed by atoms with van der Waals surface area (Å²) in [5, 5.41) is 34.3. The van der Waals surface area contributed by atoms with Crippen LogP contribution in [0.15, 0.2) is 188 Å². The van der Waals surface area contributed by atoms with Crippen LogP contribution in [0.1, 0.15) is 237 Å². The number of carbonyl (C=O) groups is 8. The van der Waals surface area contributed by atoms with Crippen LogP contribution in [0.3, 0.4) is 0 Å². The first-order valence-electron chi connectivity index (χ1n) is 39.8. The highest BCUT2D eigenvalue weighted by Gasteiger charge is 2.48. The second-order valence-corrected chi connectivity index (χ2v) is 30.7. The molecule has 1 aliphatic rings. The minimum absolute atomic E-state index is 0.0447. The highest BCUT2D eigenvalue weighted by Crippen LogP contribution is 2.48. The van der Waals surface area contributed by atoms with Crippen LogP contribution >= 0.6 is 23.2 Å². The maximum Gasteiger partial charge on any atom is 0.436 e. The van der Waals surface area contributed by atoms with Gasteiger partial charge in [0.25, 0.3) is 49.3 Å². The molecule has 5 N–H and O–H groups in total. The fraction of sp³-hybridized carbons (Fsp3) is 0.253. The third-order valence-electron chi connectivity index (χ3n) is 20.2. The van der Waals surface area contributed by atoms with Gasteiger partial charge in [-0.1, -0.05) is 132 Å². The van der Waals surface area contributed by atoms with Crippen molar-refractivity contribution in [3.05, 3.63) is 299 Å². The van der Waals surface area contributed by atoms with Crippen LogP contribution in [0.25, 0.3) is 0 Å². The van der Waals surface area contributed by atoms with Gasteiger partial charge in [0.05, 0.1) is 44.8 Å². The summed E-state index contributed by atoms with van der Waals surface area (Å²) in [6.07, 6.45) is -20.6. The van der Waals surface area contributed by atoms with Gasteiger partial charge >= 0.3 is 24.9 Å². The summed E-state index contributed by atoms with van der Waals surface area (Å²) in [5.41, 5.74) is -4.43. The lowest BCUT2D eigenvalue weighted by molar-refractivity contribution is -0.142. The normalized spacial score (nSPS) is 12.8. The van der Waals surface area contributed by atoms with E-state index in [9.17, 15) is 109 Å². The maximum atomic E-state index is 13.7. The van der Waals surface area contributed by atoms with Gasteiger partial charge in [-0.25, -0.2) is 58.6 Å². The van der Waals surface area contributed by atoms with Crippen LogP contribution in [0.4, 0.5) is 70.2 Å². The van der Waals surface area contributed by atoms with E-state index in [1.807, 2.05) is 0 Å². The van der Waals surface area contributed by atoms with Crippen LogP contribution in [0.2, 0.25) is 10.0 Å². The second-order valence-electron chi connectivity index (χ2n) is 29.9. The van der Waals surface area contributed by atoms with Crippen molar-refractivity contribution in [3.63, 3.8) is 0 Å². The number of carbonyl (C=O) groups excluding carboxylic acids is 7. The van der Waals surface area contributed by atoms with Crippen LogP contribution in [-0.4, -0.2) is 97.8 Å². The SMILES string of the molecule is CC(=O)c1ccc(C2(NC(=O)c3c(C(F)F)nn(C)c3Oc3cccc(C(F)(F)F)c3)CC2)cc1.CC(=O)c1ccc([C@H](C)NC(=O)c2c(C(F)(F)F)nn(C)c2Oc2ccc(Cl)c(Cl)c2)cc1.CC(=O)c1ccc([C@H](C)NC(=O)c2c(C(F)F)nn(C)c2Oc2cccc(C(F)F)c2)cc1.C[C@H](NC(=O)c1c(C(F)F)nn(C)c1Oc1cccc(OC(F)F)c1)c1ccc(C(=O)O)cc1. The number of hydrogen-bond acceptors (Lipinski definition) is 17. The van der Waals surface area contributed by atoms with Gasteiger partial charge in [-0.05, 0) is 143 Å². The van der Waals surface area contributed by atoms with Crippen LogP contribution in [0.5, 0.6) is 52.3 Å². The number of aromatic nitrogens is 8. The Morgan fingerprint density at radius 3 is 1.10 bits per heavy atom. The number of nitrogens with one attached hydrogen (secondary N) is 4. The molecule has 1 aliphatic carbocycles. The number of carboxylic acids is 1. The fourth-order valence-electron chi connectivity index (χ4n) is 13.1. The van der Waals surface area contributed by atoms with Crippen molar-refractivity contribution < 1.29 is 137 Å². The Morgan fingerprint density at radius 1 is 0.385 bits per heavy atom. The molecule has 4 amide bonds. The molecule has 0 unspecified atom stereocenters. The Hall–Kier alpha value is -14.6. The molecule has 135 heavy (non-hydrogen) atoms. The van der Waals surface area contributed by atoms with Crippen molar-refractivity contribution in [2.45, 2.75) is 123 Å². The van der Waals surface area contributed by atoms with Crippen LogP contribution in [-0.2, 0) is 46.1 Å². The first kappa shape index (κ1) is 103. The molecule has 44 heteroatoms. The monoisotopic (exact) mass is 1940 g/mol. The molecule has 0 radical (unpaired) electrons. The summed E-state index contributed by atoms with van der Waals surface area (Å²) >= 11 is 11.8. The zero-order valence-electron chi connectivity index (χ0n) is 72.1. The van der Waals surface area contributed by atoms with Crippen LogP contribution < -0.4 is 45.0 Å². The molecular weight excluding hydrogens is 1860 g/mol. The molecule has 26 nitrogen and oxygen atoms in total. The molecule has 3 atom stereocenters. The standard InChI is InChI=1S/C24H20F5N3O3.C23H21F4N3O3.C22H18Cl2F3N3O3.C22H19F4N3O5/c1-13(33)14-6-8-15(9-7-14)23(10-11-23)30-21(34)18-19(20(25)26)31-32(2)22(18)35-17-5-3-4-16(12-17)24(27,28)29;1-12(14-7-9-15(10-8-14)13(2)31)28-22(32)18-19(21(26)27)29-30(3)23(18)33-17-6-4-5-16(11-17)20(24)25;1-11(13-4-6-14(7-5-13)12(2)31)28-20(32)18-19(22(25,26)27)29-30(3)21(18)33-15-8-9-16(23)17(24)10-15;1-11(12-6-8-13(9-7-12)21(31)32)27-19(30)16-17(18(23)24)28-29(2)20(16)33-14-4-3-5-15(10-14)34-22(25)26/h3-9,12,20H,10-11H2,1-2H3,(H,30,34);4-12,20-21H,1-3H3,(H,28,32);4-11H,1-3H3,(H,28,32);3-11,18,22H,1-2H3,(H,27,30)(H,31,32)/t;12-;2*11-/m.000/s1. The van der Waals surface area contributed by atoms with Gasteiger partial charge in [0.15, 0.2) is 23.0 Å². The Labute approximate surface area is 766 Å². The Bertz CT molecular complexity index is 6350. The topological polar surface area (TPSA) is 322 Å². The van der Waals surface area contributed by atoms with Gasteiger partial charge in [-0.3, -0.25) is 33.6 Å². The molecule has 0 aliphatic heterocycles. The first-order chi connectivity index (χ1) is 63.4. The van der Waals surface area contributed by atoms with Gasteiger partial charge in [0.2, 0.25) is 23.5 Å². The van der Waals surface area contributed by atoms with E-state index >= 15 is 0 Å². The Morgan fingerprint density at radius 2 is 0.733 bits per heavy atom. The van der Waals surface area contributed by atoms with E-state index in [0.717, 1.165) is 43.0 Å². The van der Waals surface area contributed by atoms with E-state index in [4.69, 9.17) is 47.3 Å². The quantitative estimate of drug-likeness (QED) is 0.0206. The summed E-state index contributed by atoms with van der Waals surface area (Å²) in [7, 11) is 5.06. The predicted molar refractivity (Wildman–Crippen MR) is 454 cm³/mol. The van der Waals surface area contributed by atoms with Crippen molar-refractivity contribution >= 4 is 70.1 Å². The fourth-order valence-corrected chi connectivity index (χ4v) is 13.4. The molecule has 0 spiro atoms. The third-order valence-corrected chi connectivity index (χ3v) is 20.9. The van der Waals surface area contributed by atoms with E-state index in [-0.39, 0.29) is 79.0 Å². The number of ether oxygens (including phenoxy) is 5. The van der Waals surface area contributed by atoms with E-state index in [1.54, 1.807) is 93.6 Å². The number of hydrogen-bond donors (Lipinski definition) is 5. The maximum absolute atomic E-state index is 13.7. The molecule has 12 aromatic rings. The van der Waals surface area contributed by atoms with Gasteiger partial charge in [0, 0.05) is 62.6 Å². The van der Waals surface area contributed by atoms with Gasteiger partial charge in [-0.15, -0.1) is 0 Å². The molecule has 4 aromatic heterocycles. The third kappa shape index (κ3) is 25.8. The number of rotatable bonds is 30. The number of aryl methyl sites for hydroxylation is 4. The summed E-state index contributed by atoms with van der Waals surface area (Å²) in [4.78, 5) is 97.5. The number of nitrogens with zero attached hydrogens (tertiary/aromatic N) is 8. The summed E-state index contributed by atoms with van der Waals surface area (Å²) in [5.74, 6) is -7.27. The smallest absolute Gasteiger partial charge is 0.436 e. The minimum Gasteiger partial charge on any atom is -0.478 e. The highest BCUT2D eigenvalue weighted by atomic mass is 35.5. The Balaban J connectivity index is 0.000000186. The second kappa shape index (κ2) is 43.4. The van der Waals surface area contributed by atoms with E-state index in [2.05, 4.69) is 46.4 Å². The highest BCUT2D eigenvalue weighted by molar-refractivity contribution is 6.42. The molecule has 8 aromatic carbocycles. The van der Waals surface area contributed by atoms with E-state index < -0.39 is 160 Å². The number of benzene rings is 8. The van der Waals surface area contributed by atoms with Crippen molar-refractivity contribution in [2.75, 3.05) is 0 Å². The molecule has 4 heterocycles. The number of halogens is 18. The molecular formula is C91H78Cl2F16N12O14. The number of aromatic carboxylic acids is 1. The lowest BCUT2D eigenvalue weighted by Gasteiger charge is -2.19. The largest absolute Gasteiger partial charge is 0.478 e. The summed E-state index contributed by atoms with van der Waals surface area (Å²) in [6.45, 7) is 6.01. The average molecular weight is 1940 g/mol. The summed E-state index contributed by atoms with van der Waals surface area (Å²) < 4.78 is 243. The van der Waals surface area contributed by atoms with Gasteiger partial charge in [-0.2, -0.15) is 55.5 Å². The number of carboxylic acid groups (broad SMARTS) is 1. The molecule has 1 saturated carbocycles. The molecule has 712 valence electrons. The molecule has 1 fully saturated rings. The first-order valence-corrected chi connectivity index (χ1v) is 40.6. The summed E-state index contributed by atoms with van der Waals surface area (Å²) in [6, 6.07) is 41.1. The molecule has 13 rings (SSSR count). The zero-order valence-corrected chi connectivity index (χ0v) is 73.6. The van der Waals surface area contributed by atoms with Crippen molar-refractivity contribution in [2.24, 2.45) is 28.2 Å². The number of alkyl halides is 16. The van der Waals surface area contributed by atoms with E-state index in [0.29, 0.717) is 57.9 Å². The lowest BCUT2D eigenvalue weighted by atomic mass is 10.0. The predicted octanol–water partition coefficient (Wildman–Crippen LogP) is 22.7. The van der Waals surface area contributed by atoms with Gasteiger partial charge in [0.1, 0.15) is 68.1 Å². The van der Waals surface area contributed by atoms with Crippen molar-refractivity contribution in [3.8, 4) is 52.3 Å². The average Bonchev–Trinajstić information content (AvgIpc) is 1.59. The molecule has 0 bridgehead atoms. The number of Topliss-reactive ketones (excluding diaryl/α,β-unsaturated/α-hetero) is 3.